The van der Waals surface area contributed by atoms with Gasteiger partial charge in [-0.25, -0.2) is 0 Å². The van der Waals surface area contributed by atoms with Gasteiger partial charge in [0.2, 0.25) is 5.91 Å². The first-order valence-corrected chi connectivity index (χ1v) is 5.50. The fourth-order valence-electron chi connectivity index (χ4n) is 1.74. The highest BCUT2D eigenvalue weighted by molar-refractivity contribution is 5.78. The van der Waals surface area contributed by atoms with Crippen LogP contribution in [0.1, 0.15) is 34.1 Å². The number of hydrogen-bond donors (Lipinski definition) is 2. The molecule has 2 N–H and O–H groups in total. The lowest BCUT2D eigenvalue weighted by atomic mass is 9.97. The Morgan fingerprint density at radius 1 is 1.53 bits per heavy atom. The quantitative estimate of drug-likeness (QED) is 0.710. The fraction of sp³-hybridized carbons (Fsp3) is 0.909. The average molecular weight is 214 g/mol. The minimum Gasteiger partial charge on any atom is -0.388 e. The van der Waals surface area contributed by atoms with Gasteiger partial charge >= 0.3 is 0 Å². The molecule has 1 heterocycles. The van der Waals surface area contributed by atoms with Gasteiger partial charge in [0.15, 0.2) is 0 Å². The molecular weight excluding hydrogens is 192 g/mol. The Morgan fingerprint density at radius 2 is 2.07 bits per heavy atom. The van der Waals surface area contributed by atoms with Crippen LogP contribution in [0.25, 0.3) is 0 Å². The molecule has 0 aliphatic carbocycles. The highest BCUT2D eigenvalue weighted by atomic mass is 16.3. The summed E-state index contributed by atoms with van der Waals surface area (Å²) in [5.41, 5.74) is -0.731. The fourth-order valence-corrected chi connectivity index (χ4v) is 1.74. The maximum absolute atomic E-state index is 11.6. The zero-order valence-corrected chi connectivity index (χ0v) is 10.1. The molecule has 1 rings (SSSR count). The second-order valence-electron chi connectivity index (χ2n) is 5.43. The van der Waals surface area contributed by atoms with Crippen LogP contribution in [0.5, 0.6) is 0 Å². The van der Waals surface area contributed by atoms with Crippen molar-refractivity contribution in [3.63, 3.8) is 0 Å². The molecule has 0 unspecified atom stereocenters. The van der Waals surface area contributed by atoms with E-state index < -0.39 is 5.60 Å². The van der Waals surface area contributed by atoms with E-state index in [0.717, 1.165) is 6.42 Å². The van der Waals surface area contributed by atoms with Crippen LogP contribution in [0.2, 0.25) is 0 Å². The van der Waals surface area contributed by atoms with Crippen molar-refractivity contribution >= 4 is 5.91 Å². The molecule has 0 aromatic carbocycles. The number of nitrogens with zero attached hydrogens (tertiary/aromatic N) is 1. The molecule has 0 aromatic heterocycles. The van der Waals surface area contributed by atoms with Gasteiger partial charge in [0.25, 0.3) is 0 Å². The van der Waals surface area contributed by atoms with Crippen LogP contribution in [-0.2, 0) is 4.79 Å². The molecule has 0 saturated carbocycles. The Kier molecular flexibility index (Phi) is 3.41. The van der Waals surface area contributed by atoms with Crippen molar-refractivity contribution in [2.24, 2.45) is 0 Å². The first-order valence-electron chi connectivity index (χ1n) is 5.50. The largest absolute Gasteiger partial charge is 0.388 e. The molecule has 1 aliphatic rings. The van der Waals surface area contributed by atoms with E-state index in [2.05, 4.69) is 12.2 Å². The predicted molar refractivity (Wildman–Crippen MR) is 59.6 cm³/mol. The summed E-state index contributed by atoms with van der Waals surface area (Å²) in [5, 5.41) is 12.5. The standard InChI is InChI=1S/C11H22N2O2/c1-5-10(2,3)12-9(14)6-13-7-11(4,15)8-13/h15H,5-8H2,1-4H3,(H,12,14). The number of carbonyl (C=O) groups is 1. The van der Waals surface area contributed by atoms with Crippen molar-refractivity contribution in [3.8, 4) is 0 Å². The van der Waals surface area contributed by atoms with Gasteiger partial charge < -0.3 is 10.4 Å². The summed E-state index contributed by atoms with van der Waals surface area (Å²) in [6.07, 6.45) is 0.913. The Balaban J connectivity index is 2.26. The highest BCUT2D eigenvalue weighted by Crippen LogP contribution is 2.19. The van der Waals surface area contributed by atoms with E-state index >= 15 is 0 Å². The molecule has 88 valence electrons. The summed E-state index contributed by atoms with van der Waals surface area (Å²) >= 11 is 0. The third-order valence-corrected chi connectivity index (χ3v) is 2.86. The van der Waals surface area contributed by atoms with Gasteiger partial charge in [-0.3, -0.25) is 9.69 Å². The first-order chi connectivity index (χ1) is 6.74. The molecule has 0 radical (unpaired) electrons. The van der Waals surface area contributed by atoms with E-state index in [1.54, 1.807) is 6.92 Å². The second kappa shape index (κ2) is 4.10. The number of carbonyl (C=O) groups excluding carboxylic acids is 1. The molecule has 15 heavy (non-hydrogen) atoms. The number of amides is 1. The van der Waals surface area contributed by atoms with Crippen LogP contribution < -0.4 is 5.32 Å². The van der Waals surface area contributed by atoms with E-state index in [4.69, 9.17) is 0 Å². The number of nitrogens with one attached hydrogen (secondary N) is 1. The Morgan fingerprint density at radius 3 is 2.47 bits per heavy atom. The third kappa shape index (κ3) is 3.80. The van der Waals surface area contributed by atoms with Gasteiger partial charge in [0.1, 0.15) is 0 Å². The van der Waals surface area contributed by atoms with E-state index in [-0.39, 0.29) is 11.4 Å². The van der Waals surface area contributed by atoms with Crippen LogP contribution in [0, 0.1) is 0 Å². The van der Waals surface area contributed by atoms with Gasteiger partial charge in [-0.05, 0) is 27.2 Å². The van der Waals surface area contributed by atoms with Crippen molar-refractivity contribution in [2.75, 3.05) is 19.6 Å². The zero-order valence-electron chi connectivity index (χ0n) is 10.1. The summed E-state index contributed by atoms with van der Waals surface area (Å²) < 4.78 is 0. The summed E-state index contributed by atoms with van der Waals surface area (Å²) in [6, 6.07) is 0. The predicted octanol–water partition coefficient (Wildman–Crippen LogP) is 0.358. The van der Waals surface area contributed by atoms with E-state index in [1.807, 2.05) is 18.7 Å². The lowest BCUT2D eigenvalue weighted by Crippen LogP contribution is -2.62. The topological polar surface area (TPSA) is 52.6 Å². The Bertz CT molecular complexity index is 241. The van der Waals surface area contributed by atoms with Crippen LogP contribution in [0.4, 0.5) is 0 Å². The highest BCUT2D eigenvalue weighted by Gasteiger charge is 2.37. The molecule has 0 atom stereocenters. The minimum atomic E-state index is -0.597. The van der Waals surface area contributed by atoms with E-state index in [9.17, 15) is 9.90 Å². The second-order valence-corrected chi connectivity index (χ2v) is 5.43. The maximum Gasteiger partial charge on any atom is 0.234 e. The number of likely N-dealkylation sites (tertiary alicyclic amines) is 1. The van der Waals surface area contributed by atoms with Crippen molar-refractivity contribution in [1.82, 2.24) is 10.2 Å². The SMILES string of the molecule is CCC(C)(C)NC(=O)CN1CC(C)(O)C1. The van der Waals surface area contributed by atoms with Crippen LogP contribution >= 0.6 is 0 Å². The van der Waals surface area contributed by atoms with E-state index in [0.29, 0.717) is 19.6 Å². The number of β-amino-alcohol motifs (C(OH)–C–C–N with tert-alkyl or cyclic N) is 1. The summed E-state index contributed by atoms with van der Waals surface area (Å²) in [7, 11) is 0. The van der Waals surface area contributed by atoms with E-state index in [1.165, 1.54) is 0 Å². The van der Waals surface area contributed by atoms with Gasteiger partial charge in [-0.15, -0.1) is 0 Å². The lowest BCUT2D eigenvalue weighted by molar-refractivity contribution is -0.131. The monoisotopic (exact) mass is 214 g/mol. The molecule has 0 aromatic rings. The van der Waals surface area contributed by atoms with Gasteiger partial charge in [-0.1, -0.05) is 6.92 Å². The molecule has 4 nitrogen and oxygen atoms in total. The summed E-state index contributed by atoms with van der Waals surface area (Å²) in [4.78, 5) is 13.5. The lowest BCUT2D eigenvalue weighted by Gasteiger charge is -2.44. The van der Waals surface area contributed by atoms with Crippen LogP contribution in [0.15, 0.2) is 0 Å². The normalized spacial score (nSPS) is 20.9. The molecule has 1 amide bonds. The van der Waals surface area contributed by atoms with Crippen molar-refractivity contribution in [2.45, 2.75) is 45.3 Å². The molecule has 4 heteroatoms. The van der Waals surface area contributed by atoms with Crippen molar-refractivity contribution < 1.29 is 9.90 Å². The molecule has 1 saturated heterocycles. The maximum atomic E-state index is 11.6. The zero-order chi connectivity index (χ0) is 11.7. The van der Waals surface area contributed by atoms with Crippen molar-refractivity contribution in [3.05, 3.63) is 0 Å². The van der Waals surface area contributed by atoms with Gasteiger partial charge in [-0.2, -0.15) is 0 Å². The average Bonchev–Trinajstić information content (AvgIpc) is 1.99. The molecule has 1 fully saturated rings. The smallest absolute Gasteiger partial charge is 0.234 e. The summed E-state index contributed by atoms with van der Waals surface area (Å²) in [6.45, 7) is 9.43. The molecule has 1 aliphatic heterocycles. The van der Waals surface area contributed by atoms with Gasteiger partial charge in [0.05, 0.1) is 12.1 Å². The molecule has 0 bridgehead atoms. The first kappa shape index (κ1) is 12.5. The van der Waals surface area contributed by atoms with Gasteiger partial charge in [0, 0.05) is 18.6 Å². The van der Waals surface area contributed by atoms with Crippen molar-refractivity contribution in [1.29, 1.82) is 0 Å². The van der Waals surface area contributed by atoms with Crippen LogP contribution in [-0.4, -0.2) is 46.7 Å². The Hall–Kier alpha value is -0.610. The molecular formula is C11H22N2O2. The molecule has 0 spiro atoms. The van der Waals surface area contributed by atoms with Crippen LogP contribution in [0.3, 0.4) is 0 Å². The third-order valence-electron chi connectivity index (χ3n) is 2.86. The Labute approximate surface area is 91.6 Å². The number of aliphatic hydroxyl groups is 1. The number of rotatable bonds is 4. The number of hydrogen-bond acceptors (Lipinski definition) is 3. The summed E-state index contributed by atoms with van der Waals surface area (Å²) in [5.74, 6) is 0.0392. The minimum absolute atomic E-state index is 0.0392.